The smallest absolute Gasteiger partial charge is 0.333 e. The van der Waals surface area contributed by atoms with Crippen molar-refractivity contribution in [3.63, 3.8) is 0 Å². The predicted molar refractivity (Wildman–Crippen MR) is 67.9 cm³/mol. The van der Waals surface area contributed by atoms with Crippen molar-refractivity contribution in [3.8, 4) is 11.8 Å². The number of hydrogen-bond acceptors (Lipinski definition) is 6. The molecule has 1 saturated heterocycles. The molecule has 0 aliphatic carbocycles. The molecular weight excluding hydrogens is 269 g/mol. The molecule has 7 heteroatoms. The van der Waals surface area contributed by atoms with Crippen molar-refractivity contribution in [2.24, 2.45) is 0 Å². The van der Waals surface area contributed by atoms with Crippen molar-refractivity contribution in [3.05, 3.63) is 35.1 Å². The molecule has 1 N–H and O–H groups in total. The Morgan fingerprint density at radius 3 is 3.16 bits per heavy atom. The van der Waals surface area contributed by atoms with Crippen LogP contribution >= 0.6 is 11.5 Å². The Kier molecular flexibility index (Phi) is 3.67. The molecule has 100 valence electrons. The third-order valence-corrected chi connectivity index (χ3v) is 3.25. The molecule has 3 rings (SSSR count). The third kappa shape index (κ3) is 2.89. The van der Waals surface area contributed by atoms with Crippen molar-refractivity contribution in [1.29, 1.82) is 0 Å². The number of hydrogen-bond donors (Lipinski definition) is 1. The molecule has 19 heavy (non-hydrogen) atoms. The fourth-order valence-electron chi connectivity index (χ4n) is 1.91. The van der Waals surface area contributed by atoms with Crippen molar-refractivity contribution in [2.45, 2.75) is 6.10 Å². The van der Waals surface area contributed by atoms with E-state index in [4.69, 9.17) is 9.47 Å². The first-order chi connectivity index (χ1) is 9.33. The first-order valence-corrected chi connectivity index (χ1v) is 6.72. The highest BCUT2D eigenvalue weighted by Gasteiger charge is 2.20. The van der Waals surface area contributed by atoms with Crippen LogP contribution in [0.2, 0.25) is 0 Å². The monoisotopic (exact) mass is 281 g/mol. The van der Waals surface area contributed by atoms with Crippen LogP contribution in [0.4, 0.5) is 4.39 Å². The minimum Gasteiger partial charge on any atom is -0.424 e. The van der Waals surface area contributed by atoms with Crippen LogP contribution in [0, 0.1) is 5.82 Å². The number of rotatable bonds is 3. The van der Waals surface area contributed by atoms with Crippen LogP contribution in [-0.2, 0) is 4.74 Å². The summed E-state index contributed by atoms with van der Waals surface area (Å²) >= 11 is 1.20. The van der Waals surface area contributed by atoms with Gasteiger partial charge >= 0.3 is 6.01 Å². The van der Waals surface area contributed by atoms with Gasteiger partial charge in [0, 0.05) is 18.7 Å². The van der Waals surface area contributed by atoms with Gasteiger partial charge in [0.05, 0.1) is 12.7 Å². The summed E-state index contributed by atoms with van der Waals surface area (Å²) in [6, 6.07) is 4.82. The summed E-state index contributed by atoms with van der Waals surface area (Å²) in [5.41, 5.74) is 2.06. The molecule has 0 unspecified atom stereocenters. The van der Waals surface area contributed by atoms with Gasteiger partial charge in [-0.05, 0) is 29.7 Å². The minimum atomic E-state index is -0.299. The van der Waals surface area contributed by atoms with E-state index >= 15 is 0 Å². The van der Waals surface area contributed by atoms with Gasteiger partial charge in [-0.2, -0.15) is 4.98 Å². The van der Waals surface area contributed by atoms with Crippen LogP contribution in [0.1, 0.15) is 11.7 Å². The second kappa shape index (κ2) is 5.60. The minimum absolute atomic E-state index is 0.269. The Balaban J connectivity index is 1.83. The quantitative estimate of drug-likeness (QED) is 0.934. The molecular formula is C12H12FN3O2S. The highest BCUT2D eigenvalue weighted by atomic mass is 32.1. The van der Waals surface area contributed by atoms with Gasteiger partial charge in [0.25, 0.3) is 0 Å². The molecule has 0 radical (unpaired) electrons. The lowest BCUT2D eigenvalue weighted by molar-refractivity contribution is 0.0254. The second-order valence-electron chi connectivity index (χ2n) is 4.06. The normalized spacial score (nSPS) is 19.3. The van der Waals surface area contributed by atoms with E-state index in [1.165, 1.54) is 17.6 Å². The SMILES string of the molecule is Fc1ccc(Oc2ncsn2)cc1[C@@H]1CNCCO1. The van der Waals surface area contributed by atoms with E-state index in [1.807, 2.05) is 0 Å². The average molecular weight is 281 g/mol. The zero-order valence-corrected chi connectivity index (χ0v) is 10.8. The second-order valence-corrected chi connectivity index (χ2v) is 4.67. The summed E-state index contributed by atoms with van der Waals surface area (Å²) in [5, 5.41) is 3.17. The van der Waals surface area contributed by atoms with E-state index in [2.05, 4.69) is 14.7 Å². The molecule has 1 aliphatic rings. The van der Waals surface area contributed by atoms with E-state index in [1.54, 1.807) is 17.6 Å². The molecule has 1 aliphatic heterocycles. The first kappa shape index (κ1) is 12.5. The lowest BCUT2D eigenvalue weighted by atomic mass is 10.1. The van der Waals surface area contributed by atoms with Crippen molar-refractivity contribution < 1.29 is 13.9 Å². The zero-order valence-electron chi connectivity index (χ0n) is 10.0. The maximum absolute atomic E-state index is 13.8. The molecule has 1 fully saturated rings. The van der Waals surface area contributed by atoms with Gasteiger partial charge in [0.1, 0.15) is 17.1 Å². The van der Waals surface area contributed by atoms with Crippen LogP contribution in [0.3, 0.4) is 0 Å². The van der Waals surface area contributed by atoms with E-state index in [9.17, 15) is 4.39 Å². The lowest BCUT2D eigenvalue weighted by Gasteiger charge is -2.24. The Labute approximate surface area is 113 Å². The van der Waals surface area contributed by atoms with Gasteiger partial charge in [0.2, 0.25) is 0 Å². The van der Waals surface area contributed by atoms with Gasteiger partial charge in [-0.3, -0.25) is 0 Å². The van der Waals surface area contributed by atoms with Crippen molar-refractivity contribution in [2.75, 3.05) is 19.7 Å². The number of morpholine rings is 1. The number of nitrogens with one attached hydrogen (secondary N) is 1. The number of nitrogens with zero attached hydrogens (tertiary/aromatic N) is 2. The van der Waals surface area contributed by atoms with Gasteiger partial charge in [-0.25, -0.2) is 4.39 Å². The molecule has 1 atom stereocenters. The summed E-state index contributed by atoms with van der Waals surface area (Å²) in [6.07, 6.45) is -0.291. The fraction of sp³-hybridized carbons (Fsp3) is 0.333. The van der Waals surface area contributed by atoms with Gasteiger partial charge in [-0.15, -0.1) is 4.37 Å². The van der Waals surface area contributed by atoms with Crippen molar-refractivity contribution >= 4 is 11.5 Å². The Morgan fingerprint density at radius 1 is 1.47 bits per heavy atom. The Hall–Kier alpha value is -1.57. The molecule has 5 nitrogen and oxygen atoms in total. The predicted octanol–water partition coefficient (Wildman–Crippen LogP) is 2.13. The molecule has 0 spiro atoms. The summed E-state index contributed by atoms with van der Waals surface area (Å²) in [4.78, 5) is 3.92. The van der Waals surface area contributed by atoms with E-state index < -0.39 is 0 Å². The molecule has 1 aromatic heterocycles. The largest absolute Gasteiger partial charge is 0.424 e. The third-order valence-electron chi connectivity index (χ3n) is 2.79. The Bertz CT molecular complexity index is 544. The molecule has 2 aromatic rings. The maximum Gasteiger partial charge on any atom is 0.333 e. The maximum atomic E-state index is 13.8. The highest BCUT2D eigenvalue weighted by Crippen LogP contribution is 2.27. The lowest BCUT2D eigenvalue weighted by Crippen LogP contribution is -2.33. The summed E-state index contributed by atoms with van der Waals surface area (Å²) in [5.74, 6) is 0.205. The average Bonchev–Trinajstić information content (AvgIpc) is 2.95. The molecule has 1 aromatic carbocycles. The zero-order chi connectivity index (χ0) is 13.1. The van der Waals surface area contributed by atoms with Gasteiger partial charge < -0.3 is 14.8 Å². The summed E-state index contributed by atoms with van der Waals surface area (Å²) in [7, 11) is 0. The molecule has 0 bridgehead atoms. The molecule has 0 amide bonds. The standard InChI is InChI=1S/C12H12FN3O2S/c13-10-2-1-8(18-12-15-7-19-16-12)5-9(10)11-6-14-3-4-17-11/h1-2,5,7,11,14H,3-4,6H2/t11-/m0/s1. The summed E-state index contributed by atoms with van der Waals surface area (Å²) < 4.78 is 28.8. The van der Waals surface area contributed by atoms with E-state index in [0.717, 1.165) is 6.54 Å². The van der Waals surface area contributed by atoms with Crippen LogP contribution in [0.25, 0.3) is 0 Å². The number of aromatic nitrogens is 2. The first-order valence-electron chi connectivity index (χ1n) is 5.89. The topological polar surface area (TPSA) is 56.3 Å². The number of halogens is 1. The van der Waals surface area contributed by atoms with Gasteiger partial charge in [-0.1, -0.05) is 0 Å². The Morgan fingerprint density at radius 2 is 2.42 bits per heavy atom. The van der Waals surface area contributed by atoms with Crippen LogP contribution in [0.5, 0.6) is 11.8 Å². The highest BCUT2D eigenvalue weighted by molar-refractivity contribution is 7.03. The van der Waals surface area contributed by atoms with E-state index in [-0.39, 0.29) is 17.9 Å². The fourth-order valence-corrected chi connectivity index (χ4v) is 2.27. The van der Waals surface area contributed by atoms with Crippen LogP contribution < -0.4 is 10.1 Å². The number of ether oxygens (including phenoxy) is 2. The van der Waals surface area contributed by atoms with Crippen LogP contribution in [0.15, 0.2) is 23.7 Å². The van der Waals surface area contributed by atoms with E-state index in [0.29, 0.717) is 24.5 Å². The van der Waals surface area contributed by atoms with Crippen molar-refractivity contribution in [1.82, 2.24) is 14.7 Å². The molecule has 0 saturated carbocycles. The number of benzene rings is 1. The molecule has 2 heterocycles. The van der Waals surface area contributed by atoms with Crippen LogP contribution in [-0.4, -0.2) is 29.1 Å². The van der Waals surface area contributed by atoms with Gasteiger partial charge in [0.15, 0.2) is 0 Å². The summed E-state index contributed by atoms with van der Waals surface area (Å²) in [6.45, 7) is 1.95.